The third-order valence-corrected chi connectivity index (χ3v) is 2.71. The molecule has 76 valence electrons. The van der Waals surface area contributed by atoms with Crippen LogP contribution in [0.25, 0.3) is 0 Å². The van der Waals surface area contributed by atoms with Gasteiger partial charge in [-0.05, 0) is 27.6 Å². The molecule has 0 aliphatic heterocycles. The van der Waals surface area contributed by atoms with E-state index in [1.165, 1.54) is 0 Å². The number of carboxylic acids is 1. The molecule has 0 spiro atoms. The molecule has 0 atom stereocenters. The number of hydrogen-bond acceptors (Lipinski definition) is 2. The Hall–Kier alpha value is -0.900. The second-order valence-electron chi connectivity index (χ2n) is 3.80. The van der Waals surface area contributed by atoms with Crippen LogP contribution < -0.4 is 0 Å². The number of nitrogens with zero attached hydrogens (tertiary/aromatic N) is 1. The van der Waals surface area contributed by atoms with E-state index >= 15 is 0 Å². The Morgan fingerprint density at radius 3 is 2.79 bits per heavy atom. The van der Waals surface area contributed by atoms with E-state index in [1.807, 2.05) is 26.0 Å². The van der Waals surface area contributed by atoms with Gasteiger partial charge >= 0.3 is 5.97 Å². The van der Waals surface area contributed by atoms with E-state index in [0.717, 1.165) is 5.56 Å². The van der Waals surface area contributed by atoms with Crippen LogP contribution in [0.4, 0.5) is 0 Å². The molecule has 1 N–H and O–H groups in total. The highest BCUT2D eigenvalue weighted by atomic mass is 79.9. The third kappa shape index (κ3) is 2.54. The van der Waals surface area contributed by atoms with Gasteiger partial charge in [-0.15, -0.1) is 0 Å². The molecule has 0 radical (unpaired) electrons. The SMILES string of the molecule is CC(C)(CC(=O)O)c1cccnc1Br. The molecule has 0 saturated heterocycles. The van der Waals surface area contributed by atoms with Crippen LogP contribution in [-0.2, 0) is 10.2 Å². The highest BCUT2D eigenvalue weighted by molar-refractivity contribution is 9.10. The van der Waals surface area contributed by atoms with Crippen LogP contribution in [0.2, 0.25) is 0 Å². The predicted octanol–water partition coefficient (Wildman–Crippen LogP) is 2.60. The Morgan fingerprint density at radius 2 is 2.29 bits per heavy atom. The average molecular weight is 258 g/mol. The molecule has 1 rings (SSSR count). The van der Waals surface area contributed by atoms with Gasteiger partial charge in [0.2, 0.25) is 0 Å². The highest BCUT2D eigenvalue weighted by Crippen LogP contribution is 2.31. The van der Waals surface area contributed by atoms with Gasteiger partial charge in [-0.1, -0.05) is 19.9 Å². The Bertz CT molecular complexity index is 350. The summed E-state index contributed by atoms with van der Waals surface area (Å²) < 4.78 is 0.714. The van der Waals surface area contributed by atoms with E-state index in [9.17, 15) is 4.79 Å². The standard InChI is InChI=1S/C10H12BrNO2/c1-10(2,6-8(13)14)7-4-3-5-12-9(7)11/h3-5H,6H2,1-2H3,(H,13,14). The summed E-state index contributed by atoms with van der Waals surface area (Å²) in [6, 6.07) is 3.70. The lowest BCUT2D eigenvalue weighted by molar-refractivity contribution is -0.138. The summed E-state index contributed by atoms with van der Waals surface area (Å²) in [6.07, 6.45) is 1.77. The van der Waals surface area contributed by atoms with Crippen molar-refractivity contribution in [1.82, 2.24) is 4.98 Å². The summed E-state index contributed by atoms with van der Waals surface area (Å²) in [6.45, 7) is 3.78. The molecule has 1 heterocycles. The van der Waals surface area contributed by atoms with E-state index in [2.05, 4.69) is 20.9 Å². The smallest absolute Gasteiger partial charge is 0.304 e. The fraction of sp³-hybridized carbons (Fsp3) is 0.400. The van der Waals surface area contributed by atoms with Gasteiger partial charge < -0.3 is 5.11 Å². The number of aromatic nitrogens is 1. The number of rotatable bonds is 3. The molecule has 0 bridgehead atoms. The predicted molar refractivity (Wildman–Crippen MR) is 57.2 cm³/mol. The van der Waals surface area contributed by atoms with Crippen LogP contribution in [0.15, 0.2) is 22.9 Å². The molecule has 0 saturated carbocycles. The summed E-state index contributed by atoms with van der Waals surface area (Å²) in [5.41, 5.74) is 0.515. The van der Waals surface area contributed by atoms with Gasteiger partial charge in [0.1, 0.15) is 4.60 Å². The van der Waals surface area contributed by atoms with Crippen molar-refractivity contribution in [1.29, 1.82) is 0 Å². The topological polar surface area (TPSA) is 50.2 Å². The lowest BCUT2D eigenvalue weighted by Gasteiger charge is -2.23. The summed E-state index contributed by atoms with van der Waals surface area (Å²) in [4.78, 5) is 14.7. The van der Waals surface area contributed by atoms with Crippen LogP contribution in [0.3, 0.4) is 0 Å². The van der Waals surface area contributed by atoms with Crippen molar-refractivity contribution >= 4 is 21.9 Å². The van der Waals surface area contributed by atoms with Crippen molar-refractivity contribution in [2.75, 3.05) is 0 Å². The van der Waals surface area contributed by atoms with Gasteiger partial charge in [0.05, 0.1) is 6.42 Å². The van der Waals surface area contributed by atoms with Crippen LogP contribution >= 0.6 is 15.9 Å². The van der Waals surface area contributed by atoms with Crippen molar-refractivity contribution < 1.29 is 9.90 Å². The molecule has 3 nitrogen and oxygen atoms in total. The Labute approximate surface area is 91.3 Å². The maximum Gasteiger partial charge on any atom is 0.304 e. The molecule has 4 heteroatoms. The second kappa shape index (κ2) is 4.09. The number of pyridine rings is 1. The van der Waals surface area contributed by atoms with Gasteiger partial charge in [-0.2, -0.15) is 0 Å². The quantitative estimate of drug-likeness (QED) is 0.848. The minimum absolute atomic E-state index is 0.0945. The first-order valence-corrected chi connectivity index (χ1v) is 5.05. The zero-order chi connectivity index (χ0) is 10.8. The third-order valence-electron chi connectivity index (χ3n) is 2.08. The summed E-state index contributed by atoms with van der Waals surface area (Å²) >= 11 is 3.32. The fourth-order valence-corrected chi connectivity index (χ4v) is 2.15. The maximum absolute atomic E-state index is 10.7. The lowest BCUT2D eigenvalue weighted by atomic mass is 9.82. The van der Waals surface area contributed by atoms with E-state index in [-0.39, 0.29) is 6.42 Å². The van der Waals surface area contributed by atoms with Gasteiger partial charge in [0.15, 0.2) is 0 Å². The van der Waals surface area contributed by atoms with Crippen molar-refractivity contribution in [3.8, 4) is 0 Å². The van der Waals surface area contributed by atoms with Crippen molar-refractivity contribution in [3.05, 3.63) is 28.5 Å². The van der Waals surface area contributed by atoms with Crippen LogP contribution in [-0.4, -0.2) is 16.1 Å². The van der Waals surface area contributed by atoms with E-state index in [4.69, 9.17) is 5.11 Å². The fourth-order valence-electron chi connectivity index (χ4n) is 1.36. The first-order valence-electron chi connectivity index (χ1n) is 4.26. The van der Waals surface area contributed by atoms with Crippen LogP contribution in [0.1, 0.15) is 25.8 Å². The summed E-state index contributed by atoms with van der Waals surface area (Å²) in [7, 11) is 0. The van der Waals surface area contributed by atoms with Crippen molar-refractivity contribution in [2.45, 2.75) is 25.7 Å². The molecule has 0 unspecified atom stereocenters. The molecular weight excluding hydrogens is 246 g/mol. The molecule has 0 aliphatic rings. The van der Waals surface area contributed by atoms with Crippen molar-refractivity contribution in [2.24, 2.45) is 0 Å². The number of carboxylic acid groups (broad SMARTS) is 1. The number of aliphatic carboxylic acids is 1. The Morgan fingerprint density at radius 1 is 1.64 bits per heavy atom. The largest absolute Gasteiger partial charge is 0.481 e. The van der Waals surface area contributed by atoms with E-state index in [1.54, 1.807) is 6.20 Å². The van der Waals surface area contributed by atoms with Gasteiger partial charge in [0, 0.05) is 11.6 Å². The van der Waals surface area contributed by atoms with Gasteiger partial charge in [-0.25, -0.2) is 4.98 Å². The lowest BCUT2D eigenvalue weighted by Crippen LogP contribution is -2.22. The van der Waals surface area contributed by atoms with E-state index in [0.29, 0.717) is 4.60 Å². The maximum atomic E-state index is 10.7. The molecule has 0 aromatic carbocycles. The van der Waals surface area contributed by atoms with Crippen molar-refractivity contribution in [3.63, 3.8) is 0 Å². The van der Waals surface area contributed by atoms with Gasteiger partial charge in [0.25, 0.3) is 0 Å². The number of halogens is 1. The molecule has 0 aliphatic carbocycles. The molecular formula is C10H12BrNO2. The zero-order valence-electron chi connectivity index (χ0n) is 8.12. The monoisotopic (exact) mass is 257 g/mol. The summed E-state index contributed by atoms with van der Waals surface area (Å²) in [5.74, 6) is -0.800. The second-order valence-corrected chi connectivity index (χ2v) is 4.55. The average Bonchev–Trinajstić information content (AvgIpc) is 2.02. The molecule has 0 amide bonds. The number of carbonyl (C=O) groups is 1. The zero-order valence-corrected chi connectivity index (χ0v) is 9.71. The summed E-state index contributed by atoms with van der Waals surface area (Å²) in [5, 5.41) is 8.77. The normalized spacial score (nSPS) is 11.4. The van der Waals surface area contributed by atoms with E-state index < -0.39 is 11.4 Å². The van der Waals surface area contributed by atoms with Crippen LogP contribution in [0, 0.1) is 0 Å². The Balaban J connectivity index is 3.03. The first-order chi connectivity index (χ1) is 6.43. The Kier molecular flexibility index (Phi) is 3.26. The molecule has 0 fully saturated rings. The highest BCUT2D eigenvalue weighted by Gasteiger charge is 2.26. The molecule has 1 aromatic heterocycles. The minimum Gasteiger partial charge on any atom is -0.481 e. The van der Waals surface area contributed by atoms with Crippen LogP contribution in [0.5, 0.6) is 0 Å². The number of hydrogen-bond donors (Lipinski definition) is 1. The first kappa shape index (κ1) is 11.2. The molecule has 14 heavy (non-hydrogen) atoms. The minimum atomic E-state index is -0.800. The van der Waals surface area contributed by atoms with Gasteiger partial charge in [-0.3, -0.25) is 4.79 Å². The molecule has 1 aromatic rings.